The monoisotopic (exact) mass is 221 g/mol. The van der Waals surface area contributed by atoms with Crippen LogP contribution in [-0.2, 0) is 4.79 Å². The van der Waals surface area contributed by atoms with Crippen molar-refractivity contribution in [2.75, 3.05) is 20.2 Å². The molecule has 1 heterocycles. The summed E-state index contributed by atoms with van der Waals surface area (Å²) in [6.45, 7) is 1.27. The Morgan fingerprint density at radius 2 is 2.06 bits per heavy atom. The molecular formula is C12H15NO3. The van der Waals surface area contributed by atoms with Crippen LogP contribution in [0.2, 0.25) is 0 Å². The van der Waals surface area contributed by atoms with Gasteiger partial charge >= 0.3 is 5.97 Å². The number of hydrogen-bond acceptors (Lipinski definition) is 3. The van der Waals surface area contributed by atoms with E-state index in [1.54, 1.807) is 7.11 Å². The number of carboxylic acids is 1. The van der Waals surface area contributed by atoms with Crippen LogP contribution in [-0.4, -0.2) is 31.3 Å². The number of carbonyl (C=O) groups is 1. The summed E-state index contributed by atoms with van der Waals surface area (Å²) in [7, 11) is 1.62. The first-order valence-corrected chi connectivity index (χ1v) is 5.30. The maximum Gasteiger partial charge on any atom is 0.308 e. The molecule has 2 unspecified atom stereocenters. The molecule has 4 heteroatoms. The first-order chi connectivity index (χ1) is 7.72. The van der Waals surface area contributed by atoms with Crippen molar-refractivity contribution in [1.29, 1.82) is 0 Å². The Morgan fingerprint density at radius 3 is 2.62 bits per heavy atom. The highest BCUT2D eigenvalue weighted by Crippen LogP contribution is 2.29. The van der Waals surface area contributed by atoms with E-state index in [1.165, 1.54) is 0 Å². The predicted molar refractivity (Wildman–Crippen MR) is 59.7 cm³/mol. The van der Waals surface area contributed by atoms with Gasteiger partial charge in [-0.3, -0.25) is 4.79 Å². The highest BCUT2D eigenvalue weighted by molar-refractivity contribution is 5.72. The van der Waals surface area contributed by atoms with Crippen molar-refractivity contribution in [3.63, 3.8) is 0 Å². The lowest BCUT2D eigenvalue weighted by Gasteiger charge is -2.15. The van der Waals surface area contributed by atoms with Crippen molar-refractivity contribution in [3.8, 4) is 5.75 Å². The standard InChI is InChI=1S/C12H15NO3/c1-16-9-4-2-8(3-5-9)10-6-13-7-11(10)12(14)15/h2-5,10-11,13H,6-7H2,1H3,(H,14,15). The summed E-state index contributed by atoms with van der Waals surface area (Å²) in [5.41, 5.74) is 1.05. The highest BCUT2D eigenvalue weighted by Gasteiger charge is 2.33. The van der Waals surface area contributed by atoms with Crippen molar-refractivity contribution < 1.29 is 14.6 Å². The molecule has 0 radical (unpaired) electrons. The summed E-state index contributed by atoms with van der Waals surface area (Å²) >= 11 is 0. The second-order valence-corrected chi connectivity index (χ2v) is 3.98. The number of ether oxygens (including phenoxy) is 1. The zero-order chi connectivity index (χ0) is 11.5. The maximum atomic E-state index is 11.0. The minimum Gasteiger partial charge on any atom is -0.497 e. The van der Waals surface area contributed by atoms with Gasteiger partial charge in [0.05, 0.1) is 13.0 Å². The molecule has 1 aromatic carbocycles. The van der Waals surface area contributed by atoms with Crippen LogP contribution in [0.25, 0.3) is 0 Å². The Kier molecular flexibility index (Phi) is 3.10. The van der Waals surface area contributed by atoms with Crippen LogP contribution in [0.4, 0.5) is 0 Å². The van der Waals surface area contributed by atoms with Crippen LogP contribution >= 0.6 is 0 Å². The largest absolute Gasteiger partial charge is 0.497 e. The van der Waals surface area contributed by atoms with Crippen LogP contribution < -0.4 is 10.1 Å². The molecule has 0 amide bonds. The molecular weight excluding hydrogens is 206 g/mol. The SMILES string of the molecule is COc1ccc(C2CNCC2C(=O)O)cc1. The summed E-state index contributed by atoms with van der Waals surface area (Å²) in [6, 6.07) is 7.61. The minimum atomic E-state index is -0.731. The van der Waals surface area contributed by atoms with Gasteiger partial charge in [0.2, 0.25) is 0 Å². The van der Waals surface area contributed by atoms with E-state index < -0.39 is 5.97 Å². The van der Waals surface area contributed by atoms with E-state index in [4.69, 9.17) is 9.84 Å². The first-order valence-electron chi connectivity index (χ1n) is 5.30. The quantitative estimate of drug-likeness (QED) is 0.802. The fraction of sp³-hybridized carbons (Fsp3) is 0.417. The lowest BCUT2D eigenvalue weighted by molar-refractivity contribution is -0.141. The van der Waals surface area contributed by atoms with Crippen molar-refractivity contribution in [3.05, 3.63) is 29.8 Å². The van der Waals surface area contributed by atoms with Crippen LogP contribution in [0, 0.1) is 5.92 Å². The van der Waals surface area contributed by atoms with E-state index in [0.29, 0.717) is 6.54 Å². The highest BCUT2D eigenvalue weighted by atomic mass is 16.5. The van der Waals surface area contributed by atoms with Gasteiger partial charge in [-0.15, -0.1) is 0 Å². The fourth-order valence-electron chi connectivity index (χ4n) is 2.14. The first kappa shape index (κ1) is 11.0. The zero-order valence-corrected chi connectivity index (χ0v) is 9.14. The molecule has 0 aromatic heterocycles. The molecule has 1 saturated heterocycles. The van der Waals surface area contributed by atoms with Crippen molar-refractivity contribution in [2.24, 2.45) is 5.92 Å². The molecule has 1 aliphatic rings. The lowest BCUT2D eigenvalue weighted by atomic mass is 9.89. The minimum absolute atomic E-state index is 0.0587. The molecule has 1 aliphatic heterocycles. The van der Waals surface area contributed by atoms with Gasteiger partial charge in [-0.25, -0.2) is 0 Å². The summed E-state index contributed by atoms with van der Waals surface area (Å²) in [5.74, 6) is -0.204. The number of hydrogen-bond donors (Lipinski definition) is 2. The molecule has 86 valence electrons. The van der Waals surface area contributed by atoms with Crippen LogP contribution in [0.3, 0.4) is 0 Å². The average Bonchev–Trinajstić information content (AvgIpc) is 2.78. The van der Waals surface area contributed by atoms with E-state index in [0.717, 1.165) is 17.9 Å². The van der Waals surface area contributed by atoms with Gasteiger partial charge in [-0.2, -0.15) is 0 Å². The van der Waals surface area contributed by atoms with E-state index in [1.807, 2.05) is 24.3 Å². The Bertz CT molecular complexity index is 374. The van der Waals surface area contributed by atoms with E-state index in [2.05, 4.69) is 5.32 Å². The maximum absolute atomic E-state index is 11.0. The van der Waals surface area contributed by atoms with Gasteiger partial charge < -0.3 is 15.2 Å². The lowest BCUT2D eigenvalue weighted by Crippen LogP contribution is -2.20. The molecule has 1 aromatic rings. The third-order valence-corrected chi connectivity index (χ3v) is 3.08. The third kappa shape index (κ3) is 2.02. The fourth-order valence-corrected chi connectivity index (χ4v) is 2.14. The number of methoxy groups -OCH3 is 1. The van der Waals surface area contributed by atoms with Crippen molar-refractivity contribution >= 4 is 5.97 Å². The van der Waals surface area contributed by atoms with Crippen LogP contribution in [0.5, 0.6) is 5.75 Å². The topological polar surface area (TPSA) is 58.6 Å². The van der Waals surface area contributed by atoms with Gasteiger partial charge in [0.1, 0.15) is 5.75 Å². The van der Waals surface area contributed by atoms with Crippen molar-refractivity contribution in [1.82, 2.24) is 5.32 Å². The van der Waals surface area contributed by atoms with Gasteiger partial charge in [0.15, 0.2) is 0 Å². The zero-order valence-electron chi connectivity index (χ0n) is 9.14. The van der Waals surface area contributed by atoms with E-state index >= 15 is 0 Å². The van der Waals surface area contributed by atoms with Gasteiger partial charge in [0.25, 0.3) is 0 Å². The van der Waals surface area contributed by atoms with Crippen molar-refractivity contribution in [2.45, 2.75) is 5.92 Å². The summed E-state index contributed by atoms with van der Waals surface area (Å²) in [6.07, 6.45) is 0. The molecule has 16 heavy (non-hydrogen) atoms. The molecule has 2 rings (SSSR count). The molecule has 0 saturated carbocycles. The smallest absolute Gasteiger partial charge is 0.308 e. The average molecular weight is 221 g/mol. The molecule has 2 N–H and O–H groups in total. The molecule has 0 bridgehead atoms. The number of rotatable bonds is 3. The second-order valence-electron chi connectivity index (χ2n) is 3.98. The van der Waals surface area contributed by atoms with Gasteiger partial charge in [0, 0.05) is 19.0 Å². The molecule has 0 aliphatic carbocycles. The van der Waals surface area contributed by atoms with Crippen LogP contribution in [0.1, 0.15) is 11.5 Å². The Morgan fingerprint density at radius 1 is 1.38 bits per heavy atom. The van der Waals surface area contributed by atoms with Gasteiger partial charge in [-0.05, 0) is 17.7 Å². The van der Waals surface area contributed by atoms with Crippen LogP contribution in [0.15, 0.2) is 24.3 Å². The normalized spacial score (nSPS) is 24.3. The molecule has 0 spiro atoms. The van der Waals surface area contributed by atoms with E-state index in [-0.39, 0.29) is 11.8 Å². The Labute approximate surface area is 94.2 Å². The predicted octanol–water partition coefficient (Wildman–Crippen LogP) is 1.08. The second kappa shape index (κ2) is 4.53. The molecule has 4 nitrogen and oxygen atoms in total. The number of aliphatic carboxylic acids is 1. The number of carboxylic acid groups (broad SMARTS) is 1. The van der Waals surface area contributed by atoms with Gasteiger partial charge in [-0.1, -0.05) is 12.1 Å². The Hall–Kier alpha value is -1.55. The molecule has 1 fully saturated rings. The number of nitrogens with one attached hydrogen (secondary N) is 1. The summed E-state index contributed by atoms with van der Waals surface area (Å²) in [4.78, 5) is 11.0. The Balaban J connectivity index is 2.19. The summed E-state index contributed by atoms with van der Waals surface area (Å²) < 4.78 is 5.07. The van der Waals surface area contributed by atoms with E-state index in [9.17, 15) is 4.79 Å². The summed E-state index contributed by atoms with van der Waals surface area (Å²) in [5, 5.41) is 12.2. The third-order valence-electron chi connectivity index (χ3n) is 3.08. The molecule has 2 atom stereocenters. The number of benzene rings is 1.